The van der Waals surface area contributed by atoms with Gasteiger partial charge in [-0.2, -0.15) is 0 Å². The van der Waals surface area contributed by atoms with E-state index in [-0.39, 0.29) is 25.7 Å². The van der Waals surface area contributed by atoms with E-state index in [1.807, 2.05) is 0 Å². The second-order valence-corrected chi connectivity index (χ2v) is 4.89. The van der Waals surface area contributed by atoms with E-state index in [9.17, 15) is 4.79 Å². The monoisotopic (exact) mass is 297 g/mol. The van der Waals surface area contributed by atoms with E-state index in [1.165, 1.54) is 7.11 Å². The van der Waals surface area contributed by atoms with E-state index in [4.69, 9.17) is 26.2 Å². The fraction of sp³-hybridized carbons (Fsp3) is 0.357. The van der Waals surface area contributed by atoms with Gasteiger partial charge in [-0.05, 0) is 24.3 Å². The Morgan fingerprint density at radius 2 is 2.40 bits per heavy atom. The number of halogens is 1. The fourth-order valence-corrected chi connectivity index (χ4v) is 2.08. The molecule has 0 spiro atoms. The predicted octanol–water partition coefficient (Wildman–Crippen LogP) is 1.24. The zero-order valence-electron chi connectivity index (χ0n) is 11.1. The van der Waals surface area contributed by atoms with E-state index in [0.717, 1.165) is 5.56 Å². The zero-order valence-corrected chi connectivity index (χ0v) is 11.8. The number of ether oxygens (including phenoxy) is 2. The molecule has 0 fully saturated rings. The highest BCUT2D eigenvalue weighted by Crippen LogP contribution is 2.28. The topological polar surface area (TPSA) is 67.8 Å². The number of aliphatic hydroxyl groups excluding tert-OH is 1. The smallest absolute Gasteiger partial charge is 0.251 e. The van der Waals surface area contributed by atoms with Crippen LogP contribution in [0.4, 0.5) is 0 Å². The summed E-state index contributed by atoms with van der Waals surface area (Å²) in [6, 6.07) is 4.81. The molecular weight excluding hydrogens is 282 g/mol. The van der Waals surface area contributed by atoms with Gasteiger partial charge in [0.15, 0.2) is 0 Å². The quantitative estimate of drug-likeness (QED) is 0.858. The summed E-state index contributed by atoms with van der Waals surface area (Å²) < 4.78 is 10.4. The summed E-state index contributed by atoms with van der Waals surface area (Å²) in [5, 5.41) is 12.4. The first kappa shape index (κ1) is 14.8. The molecule has 1 aliphatic rings. The average Bonchev–Trinajstić information content (AvgIpc) is 2.45. The summed E-state index contributed by atoms with van der Waals surface area (Å²) in [7, 11) is 1.51. The van der Waals surface area contributed by atoms with Gasteiger partial charge in [-0.1, -0.05) is 11.6 Å². The lowest BCUT2D eigenvalue weighted by Crippen LogP contribution is -2.42. The molecule has 0 aromatic heterocycles. The molecule has 1 amide bonds. The van der Waals surface area contributed by atoms with Crippen LogP contribution >= 0.6 is 11.6 Å². The normalized spacial score (nSPS) is 14.8. The number of benzene rings is 1. The first-order chi connectivity index (χ1) is 9.63. The van der Waals surface area contributed by atoms with Gasteiger partial charge in [-0.15, -0.1) is 0 Å². The summed E-state index contributed by atoms with van der Waals surface area (Å²) in [5.41, 5.74) is 1.25. The molecule has 1 atom stereocenters. The zero-order chi connectivity index (χ0) is 14.5. The molecule has 0 saturated heterocycles. The standard InChI is InChI=1S/C14H16ClNO4/c1-19-8-12(6-17)16-14(18)10-4-9-5-11(15)2-3-13(9)20-7-10/h2-5,12,17H,6-8H2,1H3,(H,16,18). The lowest BCUT2D eigenvalue weighted by Gasteiger charge is -2.20. The van der Waals surface area contributed by atoms with E-state index < -0.39 is 6.04 Å². The van der Waals surface area contributed by atoms with Crippen molar-refractivity contribution in [2.45, 2.75) is 6.04 Å². The summed E-state index contributed by atoms with van der Waals surface area (Å²) in [5.74, 6) is 0.410. The molecule has 0 saturated carbocycles. The van der Waals surface area contributed by atoms with Gasteiger partial charge in [-0.25, -0.2) is 0 Å². The Hall–Kier alpha value is -1.56. The van der Waals surface area contributed by atoms with E-state index in [2.05, 4.69) is 5.32 Å². The van der Waals surface area contributed by atoms with Gasteiger partial charge in [0.1, 0.15) is 12.4 Å². The van der Waals surface area contributed by atoms with Gasteiger partial charge in [0, 0.05) is 17.7 Å². The molecule has 1 aromatic carbocycles. The van der Waals surface area contributed by atoms with Gasteiger partial charge in [-0.3, -0.25) is 4.79 Å². The Balaban J connectivity index is 2.11. The number of amides is 1. The first-order valence-electron chi connectivity index (χ1n) is 6.17. The van der Waals surface area contributed by atoms with E-state index in [1.54, 1.807) is 24.3 Å². The van der Waals surface area contributed by atoms with Crippen LogP contribution in [0.25, 0.3) is 6.08 Å². The van der Waals surface area contributed by atoms with Gasteiger partial charge in [0.2, 0.25) is 0 Å². The molecule has 0 bridgehead atoms. The lowest BCUT2D eigenvalue weighted by molar-refractivity contribution is -0.119. The first-order valence-corrected chi connectivity index (χ1v) is 6.55. The van der Waals surface area contributed by atoms with Crippen molar-refractivity contribution in [1.82, 2.24) is 5.32 Å². The minimum absolute atomic E-state index is 0.184. The van der Waals surface area contributed by atoms with Crippen molar-refractivity contribution in [1.29, 1.82) is 0 Å². The number of carbonyl (C=O) groups is 1. The minimum Gasteiger partial charge on any atom is -0.488 e. The molecule has 5 nitrogen and oxygen atoms in total. The second kappa shape index (κ2) is 6.74. The van der Waals surface area contributed by atoms with Crippen molar-refractivity contribution < 1.29 is 19.4 Å². The van der Waals surface area contributed by atoms with Crippen LogP contribution in [0.2, 0.25) is 5.02 Å². The molecule has 1 unspecified atom stereocenters. The molecule has 20 heavy (non-hydrogen) atoms. The van der Waals surface area contributed by atoms with Gasteiger partial charge in [0.25, 0.3) is 5.91 Å². The SMILES string of the molecule is COCC(CO)NC(=O)C1=Cc2cc(Cl)ccc2OC1. The maximum Gasteiger partial charge on any atom is 0.251 e. The second-order valence-electron chi connectivity index (χ2n) is 4.45. The molecule has 1 heterocycles. The predicted molar refractivity (Wildman–Crippen MR) is 75.8 cm³/mol. The number of hydrogen-bond donors (Lipinski definition) is 2. The fourth-order valence-electron chi connectivity index (χ4n) is 1.90. The van der Waals surface area contributed by atoms with Crippen LogP contribution in [-0.2, 0) is 9.53 Å². The summed E-state index contributed by atoms with van der Waals surface area (Å²) in [4.78, 5) is 12.1. The van der Waals surface area contributed by atoms with Crippen LogP contribution in [-0.4, -0.2) is 44.0 Å². The van der Waals surface area contributed by atoms with Crippen LogP contribution in [0, 0.1) is 0 Å². The number of rotatable bonds is 5. The Bertz CT molecular complexity index is 530. The van der Waals surface area contributed by atoms with Crippen LogP contribution in [0.1, 0.15) is 5.56 Å². The largest absolute Gasteiger partial charge is 0.488 e. The molecule has 1 aromatic rings. The number of methoxy groups -OCH3 is 1. The van der Waals surface area contributed by atoms with Crippen molar-refractivity contribution in [3.05, 3.63) is 34.4 Å². The van der Waals surface area contributed by atoms with Crippen molar-refractivity contribution in [3.8, 4) is 5.75 Å². The molecule has 2 N–H and O–H groups in total. The van der Waals surface area contributed by atoms with Crippen molar-refractivity contribution in [2.24, 2.45) is 0 Å². The van der Waals surface area contributed by atoms with E-state index in [0.29, 0.717) is 16.3 Å². The minimum atomic E-state index is -0.436. The van der Waals surface area contributed by atoms with Crippen molar-refractivity contribution >= 4 is 23.6 Å². The third-order valence-corrected chi connectivity index (χ3v) is 3.13. The molecular formula is C14H16ClNO4. The third kappa shape index (κ3) is 3.50. The Morgan fingerprint density at radius 1 is 1.60 bits per heavy atom. The third-order valence-electron chi connectivity index (χ3n) is 2.90. The van der Waals surface area contributed by atoms with Crippen LogP contribution in [0.5, 0.6) is 5.75 Å². The Kier molecular flexibility index (Phi) is 5.00. The van der Waals surface area contributed by atoms with E-state index >= 15 is 0 Å². The van der Waals surface area contributed by atoms with Gasteiger partial charge < -0.3 is 19.9 Å². The van der Waals surface area contributed by atoms with Crippen LogP contribution < -0.4 is 10.1 Å². The highest BCUT2D eigenvalue weighted by molar-refractivity contribution is 6.30. The Morgan fingerprint density at radius 3 is 3.10 bits per heavy atom. The summed E-state index contributed by atoms with van der Waals surface area (Å²) in [6.45, 7) is 0.251. The van der Waals surface area contributed by atoms with Crippen molar-refractivity contribution in [2.75, 3.05) is 26.9 Å². The number of fused-ring (bicyclic) bond motifs is 1. The highest BCUT2D eigenvalue weighted by Gasteiger charge is 2.19. The molecule has 0 radical (unpaired) electrons. The van der Waals surface area contributed by atoms with Crippen molar-refractivity contribution in [3.63, 3.8) is 0 Å². The molecule has 6 heteroatoms. The van der Waals surface area contributed by atoms with Gasteiger partial charge in [0.05, 0.1) is 24.8 Å². The number of aliphatic hydroxyl groups is 1. The van der Waals surface area contributed by atoms with Crippen LogP contribution in [0.15, 0.2) is 23.8 Å². The Labute approximate surface area is 122 Å². The van der Waals surface area contributed by atoms with Crippen LogP contribution in [0.3, 0.4) is 0 Å². The summed E-state index contributed by atoms with van der Waals surface area (Å²) in [6.07, 6.45) is 1.74. The molecule has 108 valence electrons. The molecule has 1 aliphatic heterocycles. The molecule has 0 aliphatic carbocycles. The molecule has 2 rings (SSSR count). The number of carbonyl (C=O) groups excluding carboxylic acids is 1. The maximum atomic E-state index is 12.1. The lowest BCUT2D eigenvalue weighted by atomic mass is 10.1. The van der Waals surface area contributed by atoms with Gasteiger partial charge >= 0.3 is 0 Å². The maximum absolute atomic E-state index is 12.1. The summed E-state index contributed by atoms with van der Waals surface area (Å²) >= 11 is 5.92. The highest BCUT2D eigenvalue weighted by atomic mass is 35.5. The average molecular weight is 298 g/mol. The number of hydrogen-bond acceptors (Lipinski definition) is 4. The number of nitrogens with one attached hydrogen (secondary N) is 1.